The van der Waals surface area contributed by atoms with E-state index in [2.05, 4.69) is 21.7 Å². The summed E-state index contributed by atoms with van der Waals surface area (Å²) in [6, 6.07) is 19.9. The number of aromatic nitrogens is 3. The van der Waals surface area contributed by atoms with Crippen molar-refractivity contribution in [3.63, 3.8) is 0 Å². The van der Waals surface area contributed by atoms with Gasteiger partial charge in [-0.2, -0.15) is 0 Å². The summed E-state index contributed by atoms with van der Waals surface area (Å²) in [7, 11) is 0. The Balaban J connectivity index is 1.77. The Hall–Kier alpha value is -3.44. The monoisotopic (exact) mass is 355 g/mol. The fourth-order valence-corrected chi connectivity index (χ4v) is 3.45. The zero-order chi connectivity index (χ0) is 18.2. The van der Waals surface area contributed by atoms with Gasteiger partial charge in [0.15, 0.2) is 6.73 Å². The van der Waals surface area contributed by atoms with E-state index in [4.69, 9.17) is 9.72 Å². The lowest BCUT2D eigenvalue weighted by molar-refractivity contribution is 0.231. The lowest BCUT2D eigenvalue weighted by Gasteiger charge is -2.20. The molecule has 0 atom stereocenters. The summed E-state index contributed by atoms with van der Waals surface area (Å²) in [6.07, 6.45) is 3.52. The highest BCUT2D eigenvalue weighted by Crippen LogP contribution is 2.40. The van der Waals surface area contributed by atoms with Gasteiger partial charge >= 0.3 is 0 Å². The molecule has 5 heteroatoms. The largest absolute Gasteiger partial charge is 0.472 e. The van der Waals surface area contributed by atoms with E-state index < -0.39 is 0 Å². The zero-order valence-electron chi connectivity index (χ0n) is 14.5. The van der Waals surface area contributed by atoms with Gasteiger partial charge in [0.25, 0.3) is 0 Å². The number of aliphatic hydroxyl groups excluding tert-OH is 1. The molecule has 0 amide bonds. The Bertz CT molecular complexity index is 1100. The van der Waals surface area contributed by atoms with E-state index in [9.17, 15) is 5.11 Å². The Labute approximate surface area is 156 Å². The van der Waals surface area contributed by atoms with Crippen LogP contribution in [-0.2, 0) is 13.3 Å². The second kappa shape index (κ2) is 6.37. The number of benzene rings is 2. The van der Waals surface area contributed by atoms with Crippen molar-refractivity contribution < 1.29 is 9.84 Å². The van der Waals surface area contributed by atoms with Gasteiger partial charge in [0.05, 0.1) is 23.6 Å². The minimum atomic E-state index is 0.0262. The molecule has 5 nitrogen and oxygen atoms in total. The van der Waals surface area contributed by atoms with Gasteiger partial charge in [-0.15, -0.1) is 0 Å². The molecule has 0 saturated heterocycles. The molecule has 3 heterocycles. The highest BCUT2D eigenvalue weighted by molar-refractivity contribution is 5.83. The van der Waals surface area contributed by atoms with Crippen LogP contribution in [0.4, 0.5) is 0 Å². The lowest BCUT2D eigenvalue weighted by Crippen LogP contribution is -2.14. The van der Waals surface area contributed by atoms with E-state index in [1.54, 1.807) is 12.4 Å². The van der Waals surface area contributed by atoms with Crippen molar-refractivity contribution in [1.82, 2.24) is 14.5 Å². The third kappa shape index (κ3) is 2.60. The van der Waals surface area contributed by atoms with Gasteiger partial charge in [0.2, 0.25) is 0 Å². The van der Waals surface area contributed by atoms with Crippen molar-refractivity contribution in [3.05, 3.63) is 78.6 Å². The maximum atomic E-state index is 9.33. The molecular weight excluding hydrogens is 338 g/mol. The van der Waals surface area contributed by atoms with Gasteiger partial charge in [0, 0.05) is 23.5 Å². The molecule has 4 aromatic rings. The molecule has 1 N–H and O–H groups in total. The molecule has 2 aromatic heterocycles. The minimum Gasteiger partial charge on any atom is -0.472 e. The third-order valence-electron chi connectivity index (χ3n) is 4.80. The molecule has 0 bridgehead atoms. The van der Waals surface area contributed by atoms with Crippen LogP contribution in [0.3, 0.4) is 0 Å². The number of hydrogen-bond acceptors (Lipinski definition) is 4. The van der Waals surface area contributed by atoms with E-state index in [1.165, 1.54) is 0 Å². The van der Waals surface area contributed by atoms with Crippen molar-refractivity contribution in [1.29, 1.82) is 0 Å². The molecule has 0 unspecified atom stereocenters. The highest BCUT2D eigenvalue weighted by atomic mass is 16.5. The molecule has 0 spiro atoms. The second-order valence-corrected chi connectivity index (χ2v) is 6.43. The van der Waals surface area contributed by atoms with Crippen LogP contribution < -0.4 is 4.74 Å². The average Bonchev–Trinajstić information content (AvgIpc) is 3.14. The molecule has 1 aliphatic rings. The predicted molar refractivity (Wildman–Crippen MR) is 103 cm³/mol. The summed E-state index contributed by atoms with van der Waals surface area (Å²) in [4.78, 5) is 9.22. The molecule has 1 aliphatic heterocycles. The first-order valence-electron chi connectivity index (χ1n) is 8.78. The molecule has 0 radical (unpaired) electrons. The number of aliphatic hydroxyl groups is 1. The quantitative estimate of drug-likeness (QED) is 0.600. The average molecular weight is 355 g/mol. The van der Waals surface area contributed by atoms with E-state index in [1.807, 2.05) is 48.5 Å². The number of ether oxygens (including phenoxy) is 1. The lowest BCUT2D eigenvalue weighted by atomic mass is 10.0. The number of fused-ring (bicyclic) bond motifs is 3. The molecule has 132 valence electrons. The molecule has 5 rings (SSSR count). The number of pyridine rings is 1. The van der Waals surface area contributed by atoms with Gasteiger partial charge in [0.1, 0.15) is 11.6 Å². The minimum absolute atomic E-state index is 0.0262. The topological polar surface area (TPSA) is 60.2 Å². The van der Waals surface area contributed by atoms with Crippen LogP contribution in [0, 0.1) is 0 Å². The fraction of sp³-hybridized carbons (Fsp3) is 0.0909. The van der Waals surface area contributed by atoms with Crippen molar-refractivity contribution in [2.45, 2.75) is 13.3 Å². The van der Waals surface area contributed by atoms with Crippen molar-refractivity contribution in [3.8, 4) is 39.7 Å². The standard InChI is InChI=1S/C22H17N3O2/c26-13-15-6-8-16(9-7-15)20-21(17-4-2-1-3-5-17)25-14-27-19-10-11-23-12-18(19)22(25)24-20/h1-12,26H,13-14H2. The van der Waals surface area contributed by atoms with Crippen LogP contribution in [0.25, 0.3) is 33.9 Å². The van der Waals surface area contributed by atoms with Crippen LogP contribution in [0.2, 0.25) is 0 Å². The van der Waals surface area contributed by atoms with Gasteiger partial charge < -0.3 is 9.84 Å². The number of imidazole rings is 1. The Morgan fingerprint density at radius 1 is 0.963 bits per heavy atom. The zero-order valence-corrected chi connectivity index (χ0v) is 14.5. The predicted octanol–water partition coefficient (Wildman–Crippen LogP) is 4.12. The maximum absolute atomic E-state index is 9.33. The second-order valence-electron chi connectivity index (χ2n) is 6.43. The Morgan fingerprint density at radius 3 is 2.56 bits per heavy atom. The van der Waals surface area contributed by atoms with Crippen LogP contribution >= 0.6 is 0 Å². The SMILES string of the molecule is OCc1ccc(-c2nc3n(c2-c2ccccc2)COc2ccncc2-3)cc1. The molecule has 27 heavy (non-hydrogen) atoms. The molecule has 0 aliphatic carbocycles. The third-order valence-corrected chi connectivity index (χ3v) is 4.80. The molecule has 2 aromatic carbocycles. The van der Waals surface area contributed by atoms with Crippen molar-refractivity contribution in [2.75, 3.05) is 0 Å². The summed E-state index contributed by atoms with van der Waals surface area (Å²) in [5.74, 6) is 1.65. The molecular formula is C22H17N3O2. The Kier molecular flexibility index (Phi) is 3.73. The van der Waals surface area contributed by atoms with Gasteiger partial charge in [-0.25, -0.2) is 4.98 Å². The van der Waals surface area contributed by atoms with Crippen LogP contribution in [0.15, 0.2) is 73.1 Å². The summed E-state index contributed by atoms with van der Waals surface area (Å²) in [5.41, 5.74) is 5.74. The van der Waals surface area contributed by atoms with E-state index in [0.29, 0.717) is 6.73 Å². The van der Waals surface area contributed by atoms with Gasteiger partial charge in [-0.05, 0) is 11.6 Å². The van der Waals surface area contributed by atoms with Crippen LogP contribution in [-0.4, -0.2) is 19.6 Å². The molecule has 0 saturated carbocycles. The fourth-order valence-electron chi connectivity index (χ4n) is 3.45. The number of rotatable bonds is 3. The molecule has 0 fully saturated rings. The van der Waals surface area contributed by atoms with Crippen molar-refractivity contribution in [2.24, 2.45) is 0 Å². The van der Waals surface area contributed by atoms with Crippen LogP contribution in [0.5, 0.6) is 5.75 Å². The summed E-state index contributed by atoms with van der Waals surface area (Å²) in [5, 5.41) is 9.33. The maximum Gasteiger partial charge on any atom is 0.167 e. The number of hydrogen-bond donors (Lipinski definition) is 1. The van der Waals surface area contributed by atoms with Crippen molar-refractivity contribution >= 4 is 0 Å². The van der Waals surface area contributed by atoms with E-state index in [-0.39, 0.29) is 6.61 Å². The summed E-state index contributed by atoms with van der Waals surface area (Å²) >= 11 is 0. The first-order valence-corrected chi connectivity index (χ1v) is 8.78. The normalized spacial score (nSPS) is 12.2. The smallest absolute Gasteiger partial charge is 0.167 e. The first kappa shape index (κ1) is 15.8. The van der Waals surface area contributed by atoms with Gasteiger partial charge in [-0.3, -0.25) is 9.55 Å². The summed E-state index contributed by atoms with van der Waals surface area (Å²) < 4.78 is 8.04. The Morgan fingerprint density at radius 2 is 1.78 bits per heavy atom. The number of nitrogens with zero attached hydrogens (tertiary/aromatic N) is 3. The highest BCUT2D eigenvalue weighted by Gasteiger charge is 2.26. The first-order chi connectivity index (χ1) is 13.3. The van der Waals surface area contributed by atoms with Gasteiger partial charge in [-0.1, -0.05) is 54.6 Å². The van der Waals surface area contributed by atoms with E-state index in [0.717, 1.165) is 45.2 Å². The van der Waals surface area contributed by atoms with E-state index >= 15 is 0 Å². The van der Waals surface area contributed by atoms with Crippen LogP contribution in [0.1, 0.15) is 5.56 Å². The summed E-state index contributed by atoms with van der Waals surface area (Å²) in [6.45, 7) is 0.427.